The second kappa shape index (κ2) is 11.0. The van der Waals surface area contributed by atoms with Gasteiger partial charge in [0.15, 0.2) is 0 Å². The third kappa shape index (κ3) is 4.44. The summed E-state index contributed by atoms with van der Waals surface area (Å²) in [7, 11) is 0. The van der Waals surface area contributed by atoms with E-state index in [1.165, 1.54) is 10.8 Å². The monoisotopic (exact) mass is 624 g/mol. The molecule has 0 bridgehead atoms. The van der Waals surface area contributed by atoms with E-state index in [4.69, 9.17) is 14.4 Å². The molecule has 3 nitrogen and oxygen atoms in total. The van der Waals surface area contributed by atoms with Crippen LogP contribution in [0.5, 0.6) is 0 Å². The summed E-state index contributed by atoms with van der Waals surface area (Å²) >= 11 is 0. The van der Waals surface area contributed by atoms with E-state index in [0.717, 1.165) is 88.3 Å². The lowest BCUT2D eigenvalue weighted by Gasteiger charge is -2.12. The molecule has 0 spiro atoms. The Morgan fingerprint density at radius 3 is 1.59 bits per heavy atom. The molecule has 0 aliphatic rings. The molecule has 0 radical (unpaired) electrons. The molecule has 0 aliphatic heterocycles. The molecule has 2 heterocycles. The molecule has 3 heteroatoms. The second-order valence-corrected chi connectivity index (χ2v) is 12.6. The maximum Gasteiger partial charge on any atom is 0.143 e. The predicted molar refractivity (Wildman–Crippen MR) is 204 cm³/mol. The molecule has 0 atom stereocenters. The Morgan fingerprint density at radius 2 is 0.837 bits per heavy atom. The van der Waals surface area contributed by atoms with Gasteiger partial charge in [-0.05, 0) is 68.4 Å². The quantitative estimate of drug-likeness (QED) is 0.183. The smallest absolute Gasteiger partial charge is 0.143 e. The van der Waals surface area contributed by atoms with Crippen LogP contribution in [-0.2, 0) is 0 Å². The molecule has 49 heavy (non-hydrogen) atoms. The standard InChI is InChI=1S/C46H28N2O/c1-3-11-29(12-4-1)35-19-10-20-39-42-28-34(27-40(46(42)49-45(35)39)30-13-5-2-6-14-30)32-16-9-15-31(25-32)33-21-22-38-41(26-33)36-17-7-8-18-37(36)43-44(38)48-24-23-47-43/h1-28H. The fraction of sp³-hybridized carbons (Fsp3) is 0. The lowest BCUT2D eigenvalue weighted by Crippen LogP contribution is -1.89. The minimum absolute atomic E-state index is 0.904. The highest BCUT2D eigenvalue weighted by Crippen LogP contribution is 2.43. The molecule has 2 aromatic heterocycles. The summed E-state index contributed by atoms with van der Waals surface area (Å²) in [6, 6.07) is 56.1. The first-order chi connectivity index (χ1) is 24.3. The van der Waals surface area contributed by atoms with Crippen molar-refractivity contribution < 1.29 is 4.42 Å². The summed E-state index contributed by atoms with van der Waals surface area (Å²) in [5.41, 5.74) is 12.8. The highest BCUT2D eigenvalue weighted by Gasteiger charge is 2.18. The Hall–Kier alpha value is -6.58. The number of hydrogen-bond donors (Lipinski definition) is 0. The number of furan rings is 1. The normalized spacial score (nSPS) is 11.7. The molecule has 0 saturated heterocycles. The van der Waals surface area contributed by atoms with E-state index < -0.39 is 0 Å². The van der Waals surface area contributed by atoms with Crippen LogP contribution in [0.3, 0.4) is 0 Å². The molecule has 0 amide bonds. The molecule has 8 aromatic carbocycles. The van der Waals surface area contributed by atoms with Gasteiger partial charge in [-0.2, -0.15) is 0 Å². The fourth-order valence-electron chi connectivity index (χ4n) is 7.43. The van der Waals surface area contributed by atoms with Gasteiger partial charge in [0.25, 0.3) is 0 Å². The van der Waals surface area contributed by atoms with Crippen molar-refractivity contribution in [3.63, 3.8) is 0 Å². The first kappa shape index (κ1) is 27.5. The summed E-state index contributed by atoms with van der Waals surface area (Å²) in [5, 5.41) is 6.82. The number of fused-ring (bicyclic) bond motifs is 9. The minimum Gasteiger partial charge on any atom is -0.455 e. The van der Waals surface area contributed by atoms with Gasteiger partial charge < -0.3 is 4.42 Å². The maximum atomic E-state index is 6.80. The third-order valence-electron chi connectivity index (χ3n) is 9.74. The minimum atomic E-state index is 0.904. The van der Waals surface area contributed by atoms with Gasteiger partial charge in [0.2, 0.25) is 0 Å². The fourth-order valence-corrected chi connectivity index (χ4v) is 7.43. The number of benzene rings is 8. The Labute approximate surface area is 282 Å². The van der Waals surface area contributed by atoms with Gasteiger partial charge in [0, 0.05) is 45.1 Å². The van der Waals surface area contributed by atoms with Crippen LogP contribution in [0.1, 0.15) is 0 Å². The van der Waals surface area contributed by atoms with Crippen LogP contribution in [0, 0.1) is 0 Å². The lowest BCUT2D eigenvalue weighted by molar-refractivity contribution is 0.671. The SMILES string of the molecule is c1ccc(-c2cccc3c2oc2c(-c4ccccc4)cc(-c4cccc(-c5ccc6c(c5)c5ccccc5c5nccnc65)c4)cc23)cc1. The number of hydrogen-bond acceptors (Lipinski definition) is 3. The van der Waals surface area contributed by atoms with Crippen molar-refractivity contribution in [1.82, 2.24) is 9.97 Å². The van der Waals surface area contributed by atoms with Crippen LogP contribution < -0.4 is 0 Å². The zero-order chi connectivity index (χ0) is 32.3. The largest absolute Gasteiger partial charge is 0.455 e. The van der Waals surface area contributed by atoms with Crippen molar-refractivity contribution in [3.8, 4) is 44.5 Å². The van der Waals surface area contributed by atoms with Crippen LogP contribution in [0.15, 0.2) is 175 Å². The Balaban J connectivity index is 1.17. The van der Waals surface area contributed by atoms with Crippen molar-refractivity contribution in [3.05, 3.63) is 170 Å². The van der Waals surface area contributed by atoms with Crippen LogP contribution in [0.4, 0.5) is 0 Å². The van der Waals surface area contributed by atoms with E-state index in [1.54, 1.807) is 12.4 Å². The second-order valence-electron chi connectivity index (χ2n) is 12.6. The average molecular weight is 625 g/mol. The van der Waals surface area contributed by atoms with Crippen LogP contribution in [-0.4, -0.2) is 9.97 Å². The summed E-state index contributed by atoms with van der Waals surface area (Å²) in [6.07, 6.45) is 3.55. The van der Waals surface area contributed by atoms with Gasteiger partial charge in [-0.25, -0.2) is 0 Å². The number of aromatic nitrogens is 2. The van der Waals surface area contributed by atoms with Gasteiger partial charge in [-0.3, -0.25) is 9.97 Å². The third-order valence-corrected chi connectivity index (χ3v) is 9.74. The number of rotatable bonds is 4. The van der Waals surface area contributed by atoms with Crippen molar-refractivity contribution >= 4 is 54.5 Å². The molecule has 0 N–H and O–H groups in total. The Kier molecular flexibility index (Phi) is 6.18. The topological polar surface area (TPSA) is 38.9 Å². The van der Waals surface area contributed by atoms with Crippen molar-refractivity contribution in [2.45, 2.75) is 0 Å². The van der Waals surface area contributed by atoms with Crippen molar-refractivity contribution in [1.29, 1.82) is 0 Å². The Bertz CT molecular complexity index is 2840. The zero-order valence-corrected chi connectivity index (χ0v) is 26.5. The van der Waals surface area contributed by atoms with E-state index in [9.17, 15) is 0 Å². The highest BCUT2D eigenvalue weighted by molar-refractivity contribution is 6.23. The molecular weight excluding hydrogens is 597 g/mol. The first-order valence-electron chi connectivity index (χ1n) is 16.6. The van der Waals surface area contributed by atoms with Crippen LogP contribution >= 0.6 is 0 Å². The van der Waals surface area contributed by atoms with Gasteiger partial charge >= 0.3 is 0 Å². The lowest BCUT2D eigenvalue weighted by atomic mass is 9.92. The van der Waals surface area contributed by atoms with Gasteiger partial charge in [0.1, 0.15) is 11.2 Å². The van der Waals surface area contributed by atoms with E-state index in [1.807, 2.05) is 6.07 Å². The first-order valence-corrected chi connectivity index (χ1v) is 16.6. The number of para-hydroxylation sites is 1. The van der Waals surface area contributed by atoms with Crippen LogP contribution in [0.25, 0.3) is 99.0 Å². The number of nitrogens with zero attached hydrogens (tertiary/aromatic N) is 2. The molecule has 0 aliphatic carbocycles. The molecular formula is C46H28N2O. The molecule has 0 saturated carbocycles. The zero-order valence-electron chi connectivity index (χ0n) is 26.5. The van der Waals surface area contributed by atoms with E-state index in [2.05, 4.69) is 152 Å². The molecule has 0 unspecified atom stereocenters. The predicted octanol–water partition coefficient (Wildman–Crippen LogP) is 12.5. The Morgan fingerprint density at radius 1 is 0.306 bits per heavy atom. The summed E-state index contributed by atoms with van der Waals surface area (Å²) in [5.74, 6) is 0. The maximum absolute atomic E-state index is 6.80. The van der Waals surface area contributed by atoms with E-state index >= 15 is 0 Å². The molecule has 10 rings (SSSR count). The van der Waals surface area contributed by atoms with Gasteiger partial charge in [-0.15, -0.1) is 0 Å². The van der Waals surface area contributed by atoms with Gasteiger partial charge in [-0.1, -0.05) is 133 Å². The summed E-state index contributed by atoms with van der Waals surface area (Å²) < 4.78 is 6.80. The highest BCUT2D eigenvalue weighted by atomic mass is 16.3. The van der Waals surface area contributed by atoms with Crippen molar-refractivity contribution in [2.24, 2.45) is 0 Å². The van der Waals surface area contributed by atoms with E-state index in [0.29, 0.717) is 0 Å². The van der Waals surface area contributed by atoms with Crippen LogP contribution in [0.2, 0.25) is 0 Å². The summed E-state index contributed by atoms with van der Waals surface area (Å²) in [6.45, 7) is 0. The molecule has 10 aromatic rings. The molecule has 0 fully saturated rings. The van der Waals surface area contributed by atoms with Gasteiger partial charge in [0.05, 0.1) is 11.0 Å². The molecule has 228 valence electrons. The average Bonchev–Trinajstić information content (AvgIpc) is 3.57. The summed E-state index contributed by atoms with van der Waals surface area (Å²) in [4.78, 5) is 9.44. The van der Waals surface area contributed by atoms with E-state index in [-0.39, 0.29) is 0 Å². The van der Waals surface area contributed by atoms with Crippen molar-refractivity contribution in [2.75, 3.05) is 0 Å².